The number of hydrogen-bond donors (Lipinski definition) is 3. The molecule has 19 heavy (non-hydrogen) atoms. The van der Waals surface area contributed by atoms with Crippen LogP contribution in [0.25, 0.3) is 0 Å². The van der Waals surface area contributed by atoms with Crippen LogP contribution in [-0.4, -0.2) is 38.7 Å². The van der Waals surface area contributed by atoms with Gasteiger partial charge in [0.15, 0.2) is 11.7 Å². The molecule has 0 aliphatic rings. The smallest absolute Gasteiger partial charge is 0.284 e. The molecule has 0 aliphatic heterocycles. The van der Waals surface area contributed by atoms with Gasteiger partial charge in [0.2, 0.25) is 0 Å². The summed E-state index contributed by atoms with van der Waals surface area (Å²) < 4.78 is 10.4. The molecular weight excluding hydrogens is 248 g/mol. The second kappa shape index (κ2) is 8.15. The number of rotatable bonds is 7. The maximum absolute atomic E-state index is 10.9. The number of nitrogens with one attached hydrogen (secondary N) is 2. The first-order chi connectivity index (χ1) is 9.17. The highest BCUT2D eigenvalue weighted by Crippen LogP contribution is 2.06. The van der Waals surface area contributed by atoms with E-state index >= 15 is 0 Å². The number of nitrogens with zero attached hydrogens (tertiary/aromatic N) is 1. The Labute approximate surface area is 112 Å². The zero-order valence-electron chi connectivity index (χ0n) is 11.2. The average Bonchev–Trinajstić information content (AvgIpc) is 2.87. The molecule has 7 nitrogen and oxygen atoms in total. The molecule has 0 atom stereocenters. The van der Waals surface area contributed by atoms with Crippen molar-refractivity contribution in [1.82, 2.24) is 10.6 Å². The van der Waals surface area contributed by atoms with Crippen molar-refractivity contribution in [2.45, 2.75) is 13.5 Å². The molecule has 1 amide bonds. The van der Waals surface area contributed by atoms with Crippen molar-refractivity contribution in [2.75, 3.05) is 26.8 Å². The molecule has 1 heterocycles. The number of furan rings is 1. The fraction of sp³-hybridized carbons (Fsp3) is 0.500. The number of nitrogens with two attached hydrogens (primary N) is 1. The van der Waals surface area contributed by atoms with E-state index in [-0.39, 0.29) is 5.76 Å². The lowest BCUT2D eigenvalue weighted by atomic mass is 10.4. The molecule has 0 radical (unpaired) electrons. The fourth-order valence-electron chi connectivity index (χ4n) is 1.38. The van der Waals surface area contributed by atoms with Crippen molar-refractivity contribution in [3.63, 3.8) is 0 Å². The Bertz CT molecular complexity index is 428. The Kier molecular flexibility index (Phi) is 6.45. The monoisotopic (exact) mass is 268 g/mol. The predicted octanol–water partition coefficient (Wildman–Crippen LogP) is 0.0800. The first-order valence-corrected chi connectivity index (χ1v) is 6.08. The van der Waals surface area contributed by atoms with Gasteiger partial charge in [0, 0.05) is 20.2 Å². The molecule has 0 aromatic carbocycles. The van der Waals surface area contributed by atoms with Crippen molar-refractivity contribution in [1.29, 1.82) is 0 Å². The molecule has 4 N–H and O–H groups in total. The van der Waals surface area contributed by atoms with Crippen LogP contribution in [0.3, 0.4) is 0 Å². The van der Waals surface area contributed by atoms with Crippen molar-refractivity contribution in [3.8, 4) is 0 Å². The van der Waals surface area contributed by atoms with Gasteiger partial charge in [0.25, 0.3) is 5.91 Å². The van der Waals surface area contributed by atoms with E-state index in [0.717, 1.165) is 0 Å². The molecule has 0 saturated heterocycles. The Hall–Kier alpha value is -2.02. The van der Waals surface area contributed by atoms with Gasteiger partial charge in [-0.1, -0.05) is 0 Å². The summed E-state index contributed by atoms with van der Waals surface area (Å²) in [5.74, 6) is 0.819. The third-order valence-corrected chi connectivity index (χ3v) is 2.30. The van der Waals surface area contributed by atoms with Crippen LogP contribution in [0, 0.1) is 0 Å². The average molecular weight is 268 g/mol. The molecule has 0 bridgehead atoms. The third-order valence-electron chi connectivity index (χ3n) is 2.30. The molecule has 1 rings (SSSR count). The fourth-order valence-corrected chi connectivity index (χ4v) is 1.38. The molecule has 0 saturated carbocycles. The SMILES string of the molecule is CCOCCNC(=NC)NCc1ccc(C(N)=O)o1. The highest BCUT2D eigenvalue weighted by molar-refractivity contribution is 5.89. The Morgan fingerprint density at radius 3 is 2.84 bits per heavy atom. The highest BCUT2D eigenvalue weighted by Gasteiger charge is 2.07. The lowest BCUT2D eigenvalue weighted by molar-refractivity contribution is 0.0972. The van der Waals surface area contributed by atoms with Crippen molar-refractivity contribution in [2.24, 2.45) is 10.7 Å². The number of carbonyl (C=O) groups excluding carboxylic acids is 1. The topological polar surface area (TPSA) is 102 Å². The number of hydrogen-bond acceptors (Lipinski definition) is 4. The van der Waals surface area contributed by atoms with E-state index in [1.807, 2.05) is 6.92 Å². The summed E-state index contributed by atoms with van der Waals surface area (Å²) in [5.41, 5.74) is 5.10. The third kappa shape index (κ3) is 5.43. The largest absolute Gasteiger partial charge is 0.454 e. The first kappa shape index (κ1) is 15.0. The van der Waals surface area contributed by atoms with Gasteiger partial charge >= 0.3 is 0 Å². The molecule has 1 aromatic heterocycles. The van der Waals surface area contributed by atoms with Crippen LogP contribution in [0.1, 0.15) is 23.2 Å². The van der Waals surface area contributed by atoms with E-state index in [0.29, 0.717) is 38.0 Å². The van der Waals surface area contributed by atoms with Gasteiger partial charge in [-0.3, -0.25) is 9.79 Å². The van der Waals surface area contributed by atoms with Crippen LogP contribution in [0.2, 0.25) is 0 Å². The molecule has 0 spiro atoms. The maximum Gasteiger partial charge on any atom is 0.284 e. The Morgan fingerprint density at radius 2 is 2.26 bits per heavy atom. The number of guanidine groups is 1. The van der Waals surface area contributed by atoms with E-state index in [4.69, 9.17) is 14.9 Å². The van der Waals surface area contributed by atoms with Crippen molar-refractivity contribution in [3.05, 3.63) is 23.7 Å². The van der Waals surface area contributed by atoms with Gasteiger partial charge in [-0.25, -0.2) is 0 Å². The Morgan fingerprint density at radius 1 is 1.47 bits per heavy atom. The van der Waals surface area contributed by atoms with Crippen molar-refractivity contribution < 1.29 is 13.9 Å². The van der Waals surface area contributed by atoms with Crippen LogP contribution in [0.5, 0.6) is 0 Å². The zero-order chi connectivity index (χ0) is 14.1. The molecule has 106 valence electrons. The van der Waals surface area contributed by atoms with E-state index in [1.54, 1.807) is 19.2 Å². The first-order valence-electron chi connectivity index (χ1n) is 6.08. The van der Waals surface area contributed by atoms with E-state index < -0.39 is 5.91 Å². The second-order valence-corrected chi connectivity index (χ2v) is 3.68. The number of carbonyl (C=O) groups is 1. The van der Waals surface area contributed by atoms with Gasteiger partial charge in [-0.15, -0.1) is 0 Å². The summed E-state index contributed by atoms with van der Waals surface area (Å²) in [5, 5.41) is 6.14. The lowest BCUT2D eigenvalue weighted by Crippen LogP contribution is -2.38. The van der Waals surface area contributed by atoms with E-state index in [9.17, 15) is 4.79 Å². The number of aliphatic imine (C=N–C) groups is 1. The molecular formula is C12H20N4O3. The van der Waals surface area contributed by atoms with Gasteiger partial charge in [0.05, 0.1) is 13.2 Å². The van der Waals surface area contributed by atoms with Crippen LogP contribution in [0.15, 0.2) is 21.5 Å². The van der Waals surface area contributed by atoms with E-state index in [1.165, 1.54) is 0 Å². The van der Waals surface area contributed by atoms with Gasteiger partial charge in [-0.05, 0) is 19.1 Å². The normalized spacial score (nSPS) is 11.4. The highest BCUT2D eigenvalue weighted by atomic mass is 16.5. The molecule has 7 heteroatoms. The number of ether oxygens (including phenoxy) is 1. The summed E-state index contributed by atoms with van der Waals surface area (Å²) in [6, 6.07) is 3.24. The van der Waals surface area contributed by atoms with Crippen molar-refractivity contribution >= 4 is 11.9 Å². The molecule has 0 unspecified atom stereocenters. The van der Waals surface area contributed by atoms with Crippen LogP contribution in [0.4, 0.5) is 0 Å². The molecule has 1 aromatic rings. The van der Waals surface area contributed by atoms with Gasteiger partial charge in [0.1, 0.15) is 5.76 Å². The lowest BCUT2D eigenvalue weighted by Gasteiger charge is -2.10. The van der Waals surface area contributed by atoms with Crippen LogP contribution in [-0.2, 0) is 11.3 Å². The minimum atomic E-state index is -0.578. The zero-order valence-corrected chi connectivity index (χ0v) is 11.2. The predicted molar refractivity (Wildman–Crippen MR) is 71.9 cm³/mol. The van der Waals surface area contributed by atoms with E-state index in [2.05, 4.69) is 15.6 Å². The van der Waals surface area contributed by atoms with Crippen LogP contribution < -0.4 is 16.4 Å². The van der Waals surface area contributed by atoms with Crippen LogP contribution >= 0.6 is 0 Å². The quantitative estimate of drug-likeness (QED) is 0.369. The summed E-state index contributed by atoms with van der Waals surface area (Å²) in [4.78, 5) is 14.9. The standard InChI is InChI=1S/C12H20N4O3/c1-3-18-7-6-15-12(14-2)16-8-9-4-5-10(19-9)11(13)17/h4-5H,3,6-8H2,1-2H3,(H2,13,17)(H2,14,15,16). The second-order valence-electron chi connectivity index (χ2n) is 3.68. The minimum Gasteiger partial charge on any atom is -0.454 e. The minimum absolute atomic E-state index is 0.149. The van der Waals surface area contributed by atoms with Gasteiger partial charge in [-0.2, -0.15) is 0 Å². The van der Waals surface area contributed by atoms with Gasteiger partial charge < -0.3 is 25.5 Å². The summed E-state index contributed by atoms with van der Waals surface area (Å²) in [7, 11) is 1.67. The molecule has 0 fully saturated rings. The number of amides is 1. The Balaban J connectivity index is 2.34. The maximum atomic E-state index is 10.9. The molecule has 0 aliphatic carbocycles. The summed E-state index contributed by atoms with van der Waals surface area (Å²) in [6.07, 6.45) is 0. The summed E-state index contributed by atoms with van der Waals surface area (Å²) in [6.45, 7) is 4.33. The summed E-state index contributed by atoms with van der Waals surface area (Å²) >= 11 is 0. The number of primary amides is 1.